The van der Waals surface area contributed by atoms with Gasteiger partial charge in [-0.2, -0.15) is 0 Å². The minimum Gasteiger partial charge on any atom is -0.394 e. The van der Waals surface area contributed by atoms with Gasteiger partial charge in [0.2, 0.25) is 5.95 Å². The van der Waals surface area contributed by atoms with Crippen LogP contribution in [0.4, 0.5) is 5.95 Å². The number of imidazole rings is 1. The molecule has 1 saturated heterocycles. The second kappa shape index (κ2) is 6.50. The third-order valence-corrected chi connectivity index (χ3v) is 4.11. The second-order valence-electron chi connectivity index (χ2n) is 5.72. The van der Waals surface area contributed by atoms with E-state index in [0.717, 1.165) is 24.1 Å². The van der Waals surface area contributed by atoms with Crippen molar-refractivity contribution in [3.8, 4) is 0 Å². The Morgan fingerprint density at radius 2 is 2.25 bits per heavy atom. The van der Waals surface area contributed by atoms with Crippen molar-refractivity contribution in [1.29, 1.82) is 0 Å². The van der Waals surface area contributed by atoms with Gasteiger partial charge in [0.15, 0.2) is 5.65 Å². The van der Waals surface area contributed by atoms with Crippen molar-refractivity contribution in [1.82, 2.24) is 24.5 Å². The Morgan fingerprint density at radius 3 is 3.04 bits per heavy atom. The Labute approximate surface area is 138 Å². The van der Waals surface area contributed by atoms with E-state index < -0.39 is 0 Å². The van der Waals surface area contributed by atoms with Crippen LogP contribution in [0, 0.1) is 0 Å². The van der Waals surface area contributed by atoms with Gasteiger partial charge in [-0.3, -0.25) is 9.55 Å². The molecule has 4 rings (SSSR count). The van der Waals surface area contributed by atoms with Gasteiger partial charge in [-0.15, -0.1) is 0 Å². The largest absolute Gasteiger partial charge is 0.394 e. The van der Waals surface area contributed by atoms with Crippen molar-refractivity contribution in [3.63, 3.8) is 0 Å². The first-order valence-electron chi connectivity index (χ1n) is 7.92. The highest BCUT2D eigenvalue weighted by Crippen LogP contribution is 2.33. The molecule has 0 spiro atoms. The zero-order valence-corrected chi connectivity index (χ0v) is 13.0. The number of aromatic nitrogens is 5. The summed E-state index contributed by atoms with van der Waals surface area (Å²) in [4.78, 5) is 17.1. The number of rotatable bonds is 5. The average molecular weight is 326 g/mol. The van der Waals surface area contributed by atoms with Crippen LogP contribution in [0.2, 0.25) is 0 Å². The van der Waals surface area contributed by atoms with Gasteiger partial charge in [-0.25, -0.2) is 15.0 Å². The topological polar surface area (TPSA) is 98.0 Å². The maximum atomic E-state index is 9.32. The normalized spacial score (nSPS) is 20.5. The maximum absolute atomic E-state index is 9.32. The first kappa shape index (κ1) is 15.0. The molecule has 2 atom stereocenters. The molecule has 8 heteroatoms. The van der Waals surface area contributed by atoms with Crippen LogP contribution in [-0.2, 0) is 11.3 Å². The number of hydrogen-bond acceptors (Lipinski definition) is 7. The van der Waals surface area contributed by atoms with E-state index in [4.69, 9.17) is 4.74 Å². The molecule has 0 amide bonds. The fourth-order valence-corrected chi connectivity index (χ4v) is 2.94. The Hall–Kier alpha value is -2.58. The van der Waals surface area contributed by atoms with E-state index in [0.29, 0.717) is 18.0 Å². The molecular weight excluding hydrogens is 308 g/mol. The van der Waals surface area contributed by atoms with Crippen LogP contribution in [0.3, 0.4) is 0 Å². The average Bonchev–Trinajstić information content (AvgIpc) is 3.24. The van der Waals surface area contributed by atoms with E-state index >= 15 is 0 Å². The molecule has 2 unspecified atom stereocenters. The lowest BCUT2D eigenvalue weighted by atomic mass is 10.2. The van der Waals surface area contributed by atoms with Crippen LogP contribution in [0.15, 0.2) is 37.1 Å². The van der Waals surface area contributed by atoms with Gasteiger partial charge in [-0.1, -0.05) is 6.07 Å². The molecule has 0 saturated carbocycles. The third kappa shape index (κ3) is 2.81. The molecule has 1 aliphatic heterocycles. The monoisotopic (exact) mass is 326 g/mol. The molecule has 8 nitrogen and oxygen atoms in total. The number of hydrogen-bond donors (Lipinski definition) is 2. The summed E-state index contributed by atoms with van der Waals surface area (Å²) in [6, 6.07) is 3.90. The molecule has 3 aromatic heterocycles. The zero-order valence-electron chi connectivity index (χ0n) is 13.0. The van der Waals surface area contributed by atoms with Crippen molar-refractivity contribution in [2.45, 2.75) is 31.7 Å². The molecule has 1 aliphatic rings. The Morgan fingerprint density at radius 1 is 1.29 bits per heavy atom. The summed E-state index contributed by atoms with van der Waals surface area (Å²) >= 11 is 0. The van der Waals surface area contributed by atoms with Crippen LogP contribution in [0.25, 0.3) is 11.2 Å². The predicted octanol–water partition coefficient (Wildman–Crippen LogP) is 1.50. The van der Waals surface area contributed by atoms with Gasteiger partial charge in [0.05, 0.1) is 18.9 Å². The number of aliphatic hydroxyl groups is 1. The summed E-state index contributed by atoms with van der Waals surface area (Å²) in [7, 11) is 0. The molecule has 1 fully saturated rings. The van der Waals surface area contributed by atoms with Crippen molar-refractivity contribution >= 4 is 17.1 Å². The van der Waals surface area contributed by atoms with E-state index in [1.807, 2.05) is 22.9 Å². The van der Waals surface area contributed by atoms with Crippen molar-refractivity contribution in [3.05, 3.63) is 42.6 Å². The van der Waals surface area contributed by atoms with Gasteiger partial charge < -0.3 is 15.2 Å². The molecule has 24 heavy (non-hydrogen) atoms. The molecule has 2 N–H and O–H groups in total. The lowest BCUT2D eigenvalue weighted by Crippen LogP contribution is -2.17. The lowest BCUT2D eigenvalue weighted by molar-refractivity contribution is -0.0197. The van der Waals surface area contributed by atoms with Gasteiger partial charge >= 0.3 is 0 Å². The van der Waals surface area contributed by atoms with Crippen LogP contribution in [0.1, 0.15) is 24.6 Å². The summed E-state index contributed by atoms with van der Waals surface area (Å²) in [6.07, 6.45) is 8.04. The maximum Gasteiger partial charge on any atom is 0.207 e. The van der Waals surface area contributed by atoms with Gasteiger partial charge in [0.25, 0.3) is 0 Å². The van der Waals surface area contributed by atoms with E-state index in [1.165, 1.54) is 6.33 Å². The summed E-state index contributed by atoms with van der Waals surface area (Å²) in [5, 5.41) is 12.6. The van der Waals surface area contributed by atoms with Crippen molar-refractivity contribution < 1.29 is 9.84 Å². The van der Waals surface area contributed by atoms with Crippen molar-refractivity contribution in [2.75, 3.05) is 11.9 Å². The highest BCUT2D eigenvalue weighted by Gasteiger charge is 2.29. The van der Waals surface area contributed by atoms with Crippen LogP contribution < -0.4 is 5.32 Å². The predicted molar refractivity (Wildman–Crippen MR) is 87.1 cm³/mol. The van der Waals surface area contributed by atoms with Crippen LogP contribution >= 0.6 is 0 Å². The van der Waals surface area contributed by atoms with E-state index in [1.54, 1.807) is 12.4 Å². The highest BCUT2D eigenvalue weighted by atomic mass is 16.5. The molecule has 4 heterocycles. The summed E-state index contributed by atoms with van der Waals surface area (Å²) < 4.78 is 7.86. The van der Waals surface area contributed by atoms with E-state index in [9.17, 15) is 5.11 Å². The Kier molecular flexibility index (Phi) is 4.06. The van der Waals surface area contributed by atoms with Gasteiger partial charge in [0.1, 0.15) is 18.1 Å². The Balaban J connectivity index is 1.65. The first-order chi connectivity index (χ1) is 11.8. The lowest BCUT2D eigenvalue weighted by Gasteiger charge is -2.17. The van der Waals surface area contributed by atoms with E-state index in [2.05, 4.69) is 25.3 Å². The molecule has 124 valence electrons. The minimum atomic E-state index is -0.196. The number of fused-ring (bicyclic) bond motifs is 1. The summed E-state index contributed by atoms with van der Waals surface area (Å²) in [5.74, 6) is 0.679. The minimum absolute atomic E-state index is 0.0244. The number of nitrogens with one attached hydrogen (secondary N) is 1. The fraction of sp³-hybridized carbons (Fsp3) is 0.375. The number of pyridine rings is 1. The second-order valence-corrected chi connectivity index (χ2v) is 5.72. The Bertz CT molecular complexity index is 822. The SMILES string of the molecule is OCC1CCC(n2c(NCc3cccnc3)nc3cncnc32)O1. The van der Waals surface area contributed by atoms with Gasteiger partial charge in [0, 0.05) is 18.9 Å². The van der Waals surface area contributed by atoms with Crippen LogP contribution in [0.5, 0.6) is 0 Å². The fourth-order valence-electron chi connectivity index (χ4n) is 2.94. The molecule has 0 aliphatic carbocycles. The summed E-state index contributed by atoms with van der Waals surface area (Å²) in [6.45, 7) is 0.622. The molecule has 0 bridgehead atoms. The molecular formula is C16H18N6O2. The highest BCUT2D eigenvalue weighted by molar-refractivity contribution is 5.73. The zero-order chi connectivity index (χ0) is 16.4. The standard InChI is InChI=1S/C16H18N6O2/c23-9-12-3-4-14(24-12)22-15-13(8-18-10-20-15)21-16(22)19-7-11-2-1-5-17-6-11/h1-2,5-6,8,10,12,14,23H,3-4,7,9H2,(H,19,21). The number of ether oxygens (including phenoxy) is 1. The molecule has 0 radical (unpaired) electrons. The number of aliphatic hydroxyl groups excluding tert-OH is 1. The number of anilines is 1. The quantitative estimate of drug-likeness (QED) is 0.733. The van der Waals surface area contributed by atoms with Gasteiger partial charge in [-0.05, 0) is 24.5 Å². The summed E-state index contributed by atoms with van der Waals surface area (Å²) in [5.41, 5.74) is 2.49. The molecule has 0 aromatic carbocycles. The molecule has 3 aromatic rings. The smallest absolute Gasteiger partial charge is 0.207 e. The van der Waals surface area contributed by atoms with Crippen LogP contribution in [-0.4, -0.2) is 42.3 Å². The number of nitrogens with zero attached hydrogens (tertiary/aromatic N) is 5. The van der Waals surface area contributed by atoms with E-state index in [-0.39, 0.29) is 18.9 Å². The first-order valence-corrected chi connectivity index (χ1v) is 7.92. The third-order valence-electron chi connectivity index (χ3n) is 4.11. The van der Waals surface area contributed by atoms with Crippen molar-refractivity contribution in [2.24, 2.45) is 0 Å².